The van der Waals surface area contributed by atoms with Crippen molar-refractivity contribution in [3.8, 4) is 16.3 Å². The standard InChI is InChI=1S/C37H42N6O6S/c1-48-26-8-10-30-32(20-26)50-35(38-30)23-3-5-24(6-4-23)42-21-27(22-42)49-18-2-13-40-14-16-41(17-15-40)25-7-9-28-29(19-25)37(47)43(36(28)46)31-11-12-33(44)39-34(31)45/h3-10,19-20,27,31,33-34,39,44-45H,2,11-18,21-22H2,1H3. The van der Waals surface area contributed by atoms with Crippen molar-refractivity contribution in [2.45, 2.75) is 43.9 Å². The summed E-state index contributed by atoms with van der Waals surface area (Å²) >= 11 is 1.68. The van der Waals surface area contributed by atoms with Gasteiger partial charge in [-0.25, -0.2) is 4.98 Å². The number of anilines is 2. The molecule has 262 valence electrons. The smallest absolute Gasteiger partial charge is 0.262 e. The van der Waals surface area contributed by atoms with E-state index in [-0.39, 0.29) is 12.0 Å². The van der Waals surface area contributed by atoms with Crippen molar-refractivity contribution in [3.05, 3.63) is 71.8 Å². The lowest BCUT2D eigenvalue weighted by Gasteiger charge is -2.41. The Morgan fingerprint density at radius 1 is 0.880 bits per heavy atom. The van der Waals surface area contributed by atoms with Gasteiger partial charge in [0.25, 0.3) is 11.8 Å². The quantitative estimate of drug-likeness (QED) is 0.167. The summed E-state index contributed by atoms with van der Waals surface area (Å²) in [5.74, 6) is 0.0670. The molecule has 4 aliphatic rings. The maximum absolute atomic E-state index is 13.3. The molecular formula is C37H42N6O6S. The summed E-state index contributed by atoms with van der Waals surface area (Å²) in [6, 6.07) is 19.3. The zero-order valence-corrected chi connectivity index (χ0v) is 28.8. The van der Waals surface area contributed by atoms with Gasteiger partial charge < -0.3 is 29.5 Å². The van der Waals surface area contributed by atoms with E-state index >= 15 is 0 Å². The van der Waals surface area contributed by atoms with E-state index in [1.165, 1.54) is 5.69 Å². The van der Waals surface area contributed by atoms with Crippen LogP contribution in [0.25, 0.3) is 20.8 Å². The average Bonchev–Trinajstić information content (AvgIpc) is 3.65. The van der Waals surface area contributed by atoms with Gasteiger partial charge in [0.1, 0.15) is 23.2 Å². The molecule has 0 radical (unpaired) electrons. The summed E-state index contributed by atoms with van der Waals surface area (Å²) in [4.78, 5) is 39.4. The molecule has 13 heteroatoms. The van der Waals surface area contributed by atoms with E-state index in [1.54, 1.807) is 24.5 Å². The van der Waals surface area contributed by atoms with E-state index < -0.39 is 24.4 Å². The van der Waals surface area contributed by atoms with Crippen molar-refractivity contribution in [1.82, 2.24) is 20.1 Å². The lowest BCUT2D eigenvalue weighted by atomic mass is 10.0. The van der Waals surface area contributed by atoms with Gasteiger partial charge in [0.15, 0.2) is 0 Å². The molecule has 4 aromatic rings. The molecule has 3 aromatic carbocycles. The zero-order chi connectivity index (χ0) is 34.4. The number of nitrogens with one attached hydrogen (secondary N) is 1. The van der Waals surface area contributed by atoms with Crippen molar-refractivity contribution in [1.29, 1.82) is 0 Å². The van der Waals surface area contributed by atoms with Gasteiger partial charge in [0.2, 0.25) is 0 Å². The second-order valence-corrected chi connectivity index (χ2v) is 14.5. The first kappa shape index (κ1) is 33.1. The molecule has 0 aliphatic carbocycles. The molecular weight excluding hydrogens is 657 g/mol. The Kier molecular flexibility index (Phi) is 9.19. The number of aromatic nitrogens is 1. The Balaban J connectivity index is 0.755. The highest BCUT2D eigenvalue weighted by molar-refractivity contribution is 7.21. The van der Waals surface area contributed by atoms with Crippen LogP contribution in [0.1, 0.15) is 40.0 Å². The fourth-order valence-corrected chi connectivity index (χ4v) is 8.39. The van der Waals surface area contributed by atoms with E-state index in [0.717, 1.165) is 96.0 Å². The number of amides is 2. The lowest BCUT2D eigenvalue weighted by molar-refractivity contribution is -0.0413. The number of aliphatic hydroxyl groups is 2. The number of ether oxygens (including phenoxy) is 2. The third-order valence-corrected chi connectivity index (χ3v) is 11.4. The van der Waals surface area contributed by atoms with E-state index in [0.29, 0.717) is 24.0 Å². The minimum atomic E-state index is -1.16. The van der Waals surface area contributed by atoms with Gasteiger partial charge in [-0.1, -0.05) is 0 Å². The topological polar surface area (TPSA) is 131 Å². The van der Waals surface area contributed by atoms with Crippen LogP contribution in [0.15, 0.2) is 60.7 Å². The number of piperidine rings is 1. The molecule has 0 bridgehead atoms. The molecule has 4 aliphatic heterocycles. The highest BCUT2D eigenvalue weighted by Gasteiger charge is 2.44. The van der Waals surface area contributed by atoms with Crippen LogP contribution < -0.4 is 19.9 Å². The Morgan fingerprint density at radius 3 is 2.40 bits per heavy atom. The molecule has 3 fully saturated rings. The predicted octanol–water partition coefficient (Wildman–Crippen LogP) is 3.37. The summed E-state index contributed by atoms with van der Waals surface area (Å²) in [6.45, 7) is 7.00. The van der Waals surface area contributed by atoms with Crippen molar-refractivity contribution in [2.75, 3.05) is 69.3 Å². The number of aliphatic hydroxyl groups excluding tert-OH is 2. The van der Waals surface area contributed by atoms with Crippen molar-refractivity contribution < 1.29 is 29.3 Å². The second kappa shape index (κ2) is 13.9. The number of benzene rings is 3. The molecule has 8 rings (SSSR count). The average molecular weight is 699 g/mol. The number of fused-ring (bicyclic) bond motifs is 2. The third-order valence-electron chi connectivity index (χ3n) is 10.3. The molecule has 0 spiro atoms. The minimum Gasteiger partial charge on any atom is -0.497 e. The fraction of sp³-hybridized carbons (Fsp3) is 0.432. The van der Waals surface area contributed by atoms with Gasteiger partial charge in [0.05, 0.1) is 40.6 Å². The number of nitrogens with zero attached hydrogens (tertiary/aromatic N) is 5. The molecule has 3 atom stereocenters. The molecule has 2 amide bonds. The van der Waals surface area contributed by atoms with Crippen LogP contribution in [0.3, 0.4) is 0 Å². The Bertz CT molecular complexity index is 1870. The Hall–Kier alpha value is -4.11. The van der Waals surface area contributed by atoms with E-state index in [1.807, 2.05) is 30.3 Å². The first-order chi connectivity index (χ1) is 24.3. The van der Waals surface area contributed by atoms with Gasteiger partial charge in [-0.15, -0.1) is 11.3 Å². The Morgan fingerprint density at radius 2 is 1.64 bits per heavy atom. The summed E-state index contributed by atoms with van der Waals surface area (Å²) < 4.78 is 12.7. The van der Waals surface area contributed by atoms with Crippen molar-refractivity contribution in [3.63, 3.8) is 0 Å². The maximum atomic E-state index is 13.3. The van der Waals surface area contributed by atoms with Crippen LogP contribution >= 0.6 is 11.3 Å². The fourth-order valence-electron chi connectivity index (χ4n) is 7.39. The van der Waals surface area contributed by atoms with Crippen LogP contribution in [-0.4, -0.2) is 121 Å². The first-order valence-corrected chi connectivity index (χ1v) is 18.2. The van der Waals surface area contributed by atoms with Crippen LogP contribution in [0.4, 0.5) is 11.4 Å². The van der Waals surface area contributed by atoms with E-state index in [4.69, 9.17) is 14.5 Å². The normalized spacial score (nSPS) is 23.1. The lowest BCUT2D eigenvalue weighted by Crippen LogP contribution is -2.58. The number of hydrogen-bond donors (Lipinski definition) is 3. The number of hydrogen-bond acceptors (Lipinski definition) is 12. The Labute approximate surface area is 294 Å². The summed E-state index contributed by atoms with van der Waals surface area (Å²) in [5, 5.41) is 23.8. The SMILES string of the molecule is COc1ccc2nc(-c3ccc(N4CC(OCCCN5CCN(c6ccc7c(c6)C(=O)N(C6CCC(O)NC6O)C7=O)CC5)C4)cc3)sc2c1. The first-order valence-electron chi connectivity index (χ1n) is 17.4. The number of imide groups is 1. The van der Waals surface area contributed by atoms with Crippen molar-refractivity contribution in [2.24, 2.45) is 0 Å². The molecule has 3 N–H and O–H groups in total. The predicted molar refractivity (Wildman–Crippen MR) is 192 cm³/mol. The molecule has 5 heterocycles. The second-order valence-electron chi connectivity index (χ2n) is 13.5. The minimum absolute atomic E-state index is 0.250. The van der Waals surface area contributed by atoms with Gasteiger partial charge in [-0.05, 0) is 79.9 Å². The van der Waals surface area contributed by atoms with Gasteiger partial charge in [-0.2, -0.15) is 0 Å². The van der Waals surface area contributed by atoms with Gasteiger partial charge in [-0.3, -0.25) is 24.7 Å². The molecule has 12 nitrogen and oxygen atoms in total. The monoisotopic (exact) mass is 698 g/mol. The van der Waals surface area contributed by atoms with E-state index in [2.05, 4.69) is 44.3 Å². The van der Waals surface area contributed by atoms with Gasteiger partial charge in [0, 0.05) is 69.4 Å². The largest absolute Gasteiger partial charge is 0.497 e. The van der Waals surface area contributed by atoms with Crippen LogP contribution in [0.5, 0.6) is 5.75 Å². The maximum Gasteiger partial charge on any atom is 0.262 e. The molecule has 3 saturated heterocycles. The molecule has 0 saturated carbocycles. The summed E-state index contributed by atoms with van der Waals surface area (Å²) in [6.07, 6.45) is -0.0750. The van der Waals surface area contributed by atoms with Crippen LogP contribution in [-0.2, 0) is 4.74 Å². The third kappa shape index (κ3) is 6.45. The van der Waals surface area contributed by atoms with Crippen LogP contribution in [0, 0.1) is 0 Å². The highest BCUT2D eigenvalue weighted by Crippen LogP contribution is 2.35. The number of carbonyl (C=O) groups excluding carboxylic acids is 2. The van der Waals surface area contributed by atoms with E-state index in [9.17, 15) is 19.8 Å². The number of piperazine rings is 1. The molecule has 3 unspecified atom stereocenters. The molecule has 1 aromatic heterocycles. The van der Waals surface area contributed by atoms with Crippen molar-refractivity contribution >= 4 is 44.7 Å². The number of methoxy groups -OCH3 is 1. The van der Waals surface area contributed by atoms with Gasteiger partial charge >= 0.3 is 0 Å². The highest BCUT2D eigenvalue weighted by atomic mass is 32.1. The summed E-state index contributed by atoms with van der Waals surface area (Å²) in [7, 11) is 1.68. The number of thiazole rings is 1. The molecule has 50 heavy (non-hydrogen) atoms. The zero-order valence-electron chi connectivity index (χ0n) is 28.0. The van der Waals surface area contributed by atoms with Crippen LogP contribution in [0.2, 0.25) is 0 Å². The number of carbonyl (C=O) groups is 2. The number of rotatable bonds is 10. The summed E-state index contributed by atoms with van der Waals surface area (Å²) in [5.41, 5.74) is 4.97.